The van der Waals surface area contributed by atoms with E-state index in [4.69, 9.17) is 9.47 Å². The zero-order chi connectivity index (χ0) is 34.6. The number of aliphatic imine (C=N–C) groups is 1. The molecule has 1 aromatic heterocycles. The van der Waals surface area contributed by atoms with E-state index in [-0.39, 0.29) is 33.7 Å². The van der Waals surface area contributed by atoms with Gasteiger partial charge in [0, 0.05) is 5.56 Å². The second-order valence-corrected chi connectivity index (χ2v) is 11.0. The number of ether oxygens (including phenoxy) is 3. The quantitative estimate of drug-likeness (QED) is 0.167. The third kappa shape index (κ3) is 8.81. The van der Waals surface area contributed by atoms with Crippen LogP contribution in [0.15, 0.2) is 78.0 Å². The first-order valence-electron chi connectivity index (χ1n) is 13.7. The average molecular weight is 698 g/mol. The fourth-order valence-electron chi connectivity index (χ4n) is 4.28. The number of halogens is 7. The van der Waals surface area contributed by atoms with Crippen LogP contribution in [0.2, 0.25) is 0 Å². The van der Waals surface area contributed by atoms with Gasteiger partial charge in [-0.25, -0.2) is 18.9 Å². The molecule has 0 spiro atoms. The van der Waals surface area contributed by atoms with E-state index in [0.29, 0.717) is 16.8 Å². The fourth-order valence-corrected chi connectivity index (χ4v) is 5.13. The molecule has 0 N–H and O–H groups in total. The van der Waals surface area contributed by atoms with Gasteiger partial charge in [0.15, 0.2) is 23.8 Å². The summed E-state index contributed by atoms with van der Waals surface area (Å²) in [7, 11) is 0. The van der Waals surface area contributed by atoms with Gasteiger partial charge in [0.2, 0.25) is 5.91 Å². The molecule has 4 aromatic rings. The molecular weight excluding hydrogens is 675 g/mol. The molecule has 3 aromatic carbocycles. The summed E-state index contributed by atoms with van der Waals surface area (Å²) in [5.41, 5.74) is 1.59. The first kappa shape index (κ1) is 34.2. The first-order chi connectivity index (χ1) is 22.6. The Balaban J connectivity index is 1.20. The van der Waals surface area contributed by atoms with E-state index in [1.54, 1.807) is 6.92 Å². The molecule has 252 valence electrons. The second kappa shape index (κ2) is 13.9. The van der Waals surface area contributed by atoms with Crippen molar-refractivity contribution >= 4 is 34.6 Å². The number of amides is 2. The number of rotatable bonds is 9. The summed E-state index contributed by atoms with van der Waals surface area (Å²) in [6.45, 7) is -0.693. The van der Waals surface area contributed by atoms with Crippen LogP contribution in [0.5, 0.6) is 11.5 Å². The number of carbonyl (C=O) groups excluding carboxylic acids is 2. The molecule has 48 heavy (non-hydrogen) atoms. The summed E-state index contributed by atoms with van der Waals surface area (Å²) < 4.78 is 105. The standard InChI is InChI=1S/C30H22F7N5O5S/c1-17-2-11-24(46-15-29(32,33)34)23(12-17)42-25(43)14-48-27(42)39-28(44)45-13-22(31)18-3-5-19(6-4-18)26-38-16-41(40-26)20-7-9-21(10-8-20)47-30(35,36)37/h2-12,16,22H,13-15H2,1H3. The molecule has 0 aliphatic carbocycles. The summed E-state index contributed by atoms with van der Waals surface area (Å²) in [4.78, 5) is 34.0. The minimum absolute atomic E-state index is 0.0444. The summed E-state index contributed by atoms with van der Waals surface area (Å²) in [6, 6.07) is 15.0. The van der Waals surface area contributed by atoms with Gasteiger partial charge < -0.3 is 14.2 Å². The van der Waals surface area contributed by atoms with E-state index in [2.05, 4.69) is 19.8 Å². The van der Waals surface area contributed by atoms with E-state index in [9.17, 15) is 40.3 Å². The van der Waals surface area contributed by atoms with Gasteiger partial charge in [0.25, 0.3) is 0 Å². The predicted molar refractivity (Wildman–Crippen MR) is 159 cm³/mol. The molecule has 5 rings (SSSR count). The van der Waals surface area contributed by atoms with Gasteiger partial charge in [0.05, 0.1) is 17.1 Å². The van der Waals surface area contributed by atoms with Gasteiger partial charge in [-0.3, -0.25) is 9.69 Å². The average Bonchev–Trinajstić information content (AvgIpc) is 3.65. The summed E-state index contributed by atoms with van der Waals surface area (Å²) in [5, 5.41) is 4.10. The van der Waals surface area contributed by atoms with Crippen molar-refractivity contribution in [2.24, 2.45) is 4.99 Å². The number of nitrogens with zero attached hydrogens (tertiary/aromatic N) is 5. The maximum Gasteiger partial charge on any atom is 0.573 e. The van der Waals surface area contributed by atoms with Gasteiger partial charge in [-0.2, -0.15) is 18.2 Å². The van der Waals surface area contributed by atoms with Crippen molar-refractivity contribution in [3.05, 3.63) is 84.2 Å². The predicted octanol–water partition coefficient (Wildman–Crippen LogP) is 7.37. The largest absolute Gasteiger partial charge is 0.573 e. The van der Waals surface area contributed by atoms with Crippen LogP contribution in [-0.2, 0) is 9.53 Å². The highest BCUT2D eigenvalue weighted by atomic mass is 32.2. The van der Waals surface area contributed by atoms with Crippen molar-refractivity contribution in [1.82, 2.24) is 14.8 Å². The number of alkyl halides is 7. The summed E-state index contributed by atoms with van der Waals surface area (Å²) in [6.07, 6.45) is -11.1. The zero-order valence-electron chi connectivity index (χ0n) is 24.5. The van der Waals surface area contributed by atoms with Crippen molar-refractivity contribution in [2.75, 3.05) is 23.9 Å². The Kier molecular flexibility index (Phi) is 9.92. The highest BCUT2D eigenvalue weighted by molar-refractivity contribution is 8.15. The number of amidine groups is 1. The van der Waals surface area contributed by atoms with Crippen molar-refractivity contribution in [1.29, 1.82) is 0 Å². The van der Waals surface area contributed by atoms with Crippen LogP contribution in [-0.4, -0.2) is 63.4 Å². The highest BCUT2D eigenvalue weighted by Gasteiger charge is 2.35. The third-order valence-electron chi connectivity index (χ3n) is 6.41. The molecule has 1 saturated heterocycles. The lowest BCUT2D eigenvalue weighted by Crippen LogP contribution is -2.31. The number of aromatic nitrogens is 3. The number of hydrogen-bond acceptors (Lipinski definition) is 8. The zero-order valence-corrected chi connectivity index (χ0v) is 25.3. The van der Waals surface area contributed by atoms with E-state index >= 15 is 0 Å². The lowest BCUT2D eigenvalue weighted by Gasteiger charge is -2.21. The van der Waals surface area contributed by atoms with Gasteiger partial charge in [0.1, 0.15) is 24.4 Å². The highest BCUT2D eigenvalue weighted by Crippen LogP contribution is 2.36. The van der Waals surface area contributed by atoms with Crippen LogP contribution in [0.25, 0.3) is 17.1 Å². The van der Waals surface area contributed by atoms with Crippen LogP contribution in [0.4, 0.5) is 41.2 Å². The molecule has 2 amide bonds. The lowest BCUT2D eigenvalue weighted by molar-refractivity contribution is -0.274. The molecule has 1 atom stereocenters. The van der Waals surface area contributed by atoms with Crippen LogP contribution < -0.4 is 14.4 Å². The Morgan fingerprint density at radius 1 is 1.02 bits per heavy atom. The Labute approximate surface area is 271 Å². The topological polar surface area (TPSA) is 108 Å². The molecule has 0 saturated carbocycles. The minimum Gasteiger partial charge on any atom is -0.482 e. The molecule has 0 bridgehead atoms. The monoisotopic (exact) mass is 697 g/mol. The Morgan fingerprint density at radius 3 is 2.40 bits per heavy atom. The third-order valence-corrected chi connectivity index (χ3v) is 7.33. The van der Waals surface area contributed by atoms with Crippen LogP contribution in [0, 0.1) is 6.92 Å². The molecule has 0 radical (unpaired) electrons. The summed E-state index contributed by atoms with van der Waals surface area (Å²) >= 11 is 0.847. The van der Waals surface area contributed by atoms with E-state index in [0.717, 1.165) is 28.8 Å². The van der Waals surface area contributed by atoms with Crippen molar-refractivity contribution in [2.45, 2.75) is 25.6 Å². The molecule has 1 aliphatic rings. The lowest BCUT2D eigenvalue weighted by atomic mass is 10.1. The molecule has 1 aliphatic heterocycles. The number of anilines is 1. The Bertz CT molecular complexity index is 1810. The number of aryl methyl sites for hydroxylation is 1. The molecule has 10 nitrogen and oxygen atoms in total. The number of carbonyl (C=O) groups is 2. The van der Waals surface area contributed by atoms with Crippen LogP contribution in [0.3, 0.4) is 0 Å². The van der Waals surface area contributed by atoms with Crippen LogP contribution >= 0.6 is 11.8 Å². The van der Waals surface area contributed by atoms with Crippen molar-refractivity contribution in [3.8, 4) is 28.6 Å². The molecule has 1 fully saturated rings. The van der Waals surface area contributed by atoms with E-state index < -0.39 is 49.7 Å². The molecule has 2 heterocycles. The number of hydrogen-bond donors (Lipinski definition) is 0. The molecule has 1 unspecified atom stereocenters. The SMILES string of the molecule is Cc1ccc(OCC(F)(F)F)c(N2C(=O)CSC2=NC(=O)OCC(F)c2ccc(-c3ncn(-c4ccc(OC(F)(F)F)cc4)n3)cc2)c1. The Morgan fingerprint density at radius 2 is 1.73 bits per heavy atom. The molecule has 18 heteroatoms. The van der Waals surface area contributed by atoms with Crippen molar-refractivity contribution in [3.63, 3.8) is 0 Å². The van der Waals surface area contributed by atoms with Crippen LogP contribution in [0.1, 0.15) is 17.3 Å². The smallest absolute Gasteiger partial charge is 0.482 e. The first-order valence-corrected chi connectivity index (χ1v) is 14.7. The second-order valence-electron chi connectivity index (χ2n) is 10.0. The number of benzene rings is 3. The maximum absolute atomic E-state index is 15.0. The van der Waals surface area contributed by atoms with Gasteiger partial charge in [-0.1, -0.05) is 42.1 Å². The fraction of sp³-hybridized carbons (Fsp3) is 0.233. The van der Waals surface area contributed by atoms with Gasteiger partial charge in [-0.15, -0.1) is 18.3 Å². The van der Waals surface area contributed by atoms with E-state index in [1.807, 2.05) is 0 Å². The van der Waals surface area contributed by atoms with Gasteiger partial charge >= 0.3 is 18.6 Å². The number of thioether (sulfide) groups is 1. The Hall–Kier alpha value is -5.13. The molecular formula is C30H22F7N5O5S. The van der Waals surface area contributed by atoms with Crippen molar-refractivity contribution < 1.29 is 54.5 Å². The minimum atomic E-state index is -4.82. The summed E-state index contributed by atoms with van der Waals surface area (Å²) in [5.74, 6) is -1.14. The van der Waals surface area contributed by atoms with Gasteiger partial charge in [-0.05, 0) is 54.4 Å². The van der Waals surface area contributed by atoms with E-state index in [1.165, 1.54) is 65.6 Å². The maximum atomic E-state index is 15.0. The normalized spacial score (nSPS) is 15.1.